The molecule has 6 N–H and O–H groups in total. The van der Waals surface area contributed by atoms with Gasteiger partial charge in [0.05, 0.1) is 13.2 Å². The van der Waals surface area contributed by atoms with Gasteiger partial charge in [0.2, 0.25) is 17.7 Å². The SMILES string of the molecule is COc1cc(N2C[C@H](O)[C@@]3(C2)[C@H](CNC(=O)CO)[C@H]3c2ccccc2)nc(N)n1.O=CO. The molecule has 4 rings (SSSR count). The number of aliphatic hydroxyl groups excluding tert-OH is 2. The number of anilines is 2. The van der Waals surface area contributed by atoms with E-state index in [1.165, 1.54) is 7.11 Å². The molecule has 2 aliphatic rings. The molecule has 0 bridgehead atoms. The predicted octanol–water partition coefficient (Wildman–Crippen LogP) is -0.542. The van der Waals surface area contributed by atoms with E-state index in [0.717, 1.165) is 5.56 Å². The van der Waals surface area contributed by atoms with Crippen molar-refractivity contribution >= 4 is 24.1 Å². The Hall–Kier alpha value is -3.44. The van der Waals surface area contributed by atoms with Crippen LogP contribution in [0.15, 0.2) is 36.4 Å². The van der Waals surface area contributed by atoms with E-state index in [1.54, 1.807) is 6.07 Å². The minimum atomic E-state index is -0.606. The first-order valence-electron chi connectivity index (χ1n) is 10.0. The zero-order valence-electron chi connectivity index (χ0n) is 17.6. The van der Waals surface area contributed by atoms with Gasteiger partial charge in [-0.3, -0.25) is 9.59 Å². The Morgan fingerprint density at radius 1 is 1.38 bits per heavy atom. The number of nitrogens with two attached hydrogens (primary N) is 1. The molecular weight excluding hydrogens is 418 g/mol. The second-order valence-electron chi connectivity index (χ2n) is 7.70. The summed E-state index contributed by atoms with van der Waals surface area (Å²) in [7, 11) is 1.51. The van der Waals surface area contributed by atoms with Crippen LogP contribution in [0, 0.1) is 11.3 Å². The highest BCUT2D eigenvalue weighted by Gasteiger charge is 2.71. The van der Waals surface area contributed by atoms with Gasteiger partial charge in [0.25, 0.3) is 6.47 Å². The quantitative estimate of drug-likeness (QED) is 0.364. The van der Waals surface area contributed by atoms with Crippen molar-refractivity contribution in [2.24, 2.45) is 11.3 Å². The molecule has 1 aromatic carbocycles. The fraction of sp³-hybridized carbons (Fsp3) is 0.429. The Labute approximate surface area is 184 Å². The van der Waals surface area contributed by atoms with Gasteiger partial charge in [-0.2, -0.15) is 9.97 Å². The van der Waals surface area contributed by atoms with Gasteiger partial charge in [0.1, 0.15) is 12.4 Å². The smallest absolute Gasteiger partial charge is 0.290 e. The van der Waals surface area contributed by atoms with E-state index in [2.05, 4.69) is 15.3 Å². The number of carbonyl (C=O) groups excluding carboxylic acids is 1. The second kappa shape index (κ2) is 9.79. The van der Waals surface area contributed by atoms with Crippen molar-refractivity contribution in [3.05, 3.63) is 42.0 Å². The zero-order valence-corrected chi connectivity index (χ0v) is 17.6. The number of aliphatic hydroxyl groups is 2. The molecule has 1 saturated carbocycles. The molecule has 0 radical (unpaired) electrons. The van der Waals surface area contributed by atoms with Crippen molar-refractivity contribution in [1.82, 2.24) is 15.3 Å². The number of β-amino-alcohol motifs (C(OH)–C–C–N with tert-alkyl or cyclic N) is 1. The summed E-state index contributed by atoms with van der Waals surface area (Å²) in [5, 5.41) is 29.7. The number of nitrogens with zero attached hydrogens (tertiary/aromatic N) is 3. The van der Waals surface area contributed by atoms with Gasteiger partial charge >= 0.3 is 0 Å². The van der Waals surface area contributed by atoms with Crippen LogP contribution in [-0.4, -0.2) is 77.1 Å². The number of rotatable bonds is 6. The highest BCUT2D eigenvalue weighted by atomic mass is 16.5. The average molecular weight is 445 g/mol. The van der Waals surface area contributed by atoms with E-state index in [-0.39, 0.29) is 24.3 Å². The minimum Gasteiger partial charge on any atom is -0.483 e. The number of hydrogen-bond acceptors (Lipinski definition) is 9. The number of carboxylic acid groups (broad SMARTS) is 1. The lowest BCUT2D eigenvalue weighted by Crippen LogP contribution is -2.31. The van der Waals surface area contributed by atoms with E-state index < -0.39 is 24.0 Å². The van der Waals surface area contributed by atoms with Crippen molar-refractivity contribution in [3.8, 4) is 5.88 Å². The maximum atomic E-state index is 11.6. The lowest BCUT2D eigenvalue weighted by atomic mass is 9.95. The number of nitrogens with one attached hydrogen (secondary N) is 1. The molecule has 1 aliphatic heterocycles. The molecule has 11 heteroatoms. The molecule has 1 aromatic heterocycles. The van der Waals surface area contributed by atoms with E-state index in [9.17, 15) is 9.90 Å². The van der Waals surface area contributed by atoms with Crippen LogP contribution in [0.25, 0.3) is 0 Å². The monoisotopic (exact) mass is 445 g/mol. The van der Waals surface area contributed by atoms with Crippen LogP contribution in [0.3, 0.4) is 0 Å². The van der Waals surface area contributed by atoms with Gasteiger partial charge in [0.15, 0.2) is 0 Å². The summed E-state index contributed by atoms with van der Waals surface area (Å²) in [5.74, 6) is 0.783. The lowest BCUT2D eigenvalue weighted by Gasteiger charge is -2.18. The topological polar surface area (TPSA) is 171 Å². The predicted molar refractivity (Wildman–Crippen MR) is 115 cm³/mol. The van der Waals surface area contributed by atoms with E-state index >= 15 is 0 Å². The molecular formula is C21H27N5O6. The number of carbonyl (C=O) groups is 2. The summed E-state index contributed by atoms with van der Waals surface area (Å²) in [6, 6.07) is 11.7. The Kier molecular flexibility index (Phi) is 7.11. The third-order valence-corrected chi connectivity index (χ3v) is 6.10. The number of benzene rings is 1. The van der Waals surface area contributed by atoms with Crippen LogP contribution in [0.4, 0.5) is 11.8 Å². The maximum absolute atomic E-state index is 11.6. The van der Waals surface area contributed by atoms with Crippen molar-refractivity contribution in [2.75, 3.05) is 44.0 Å². The molecule has 0 unspecified atom stereocenters. The van der Waals surface area contributed by atoms with Crippen LogP contribution in [-0.2, 0) is 9.59 Å². The van der Waals surface area contributed by atoms with Crippen LogP contribution in [0.2, 0.25) is 0 Å². The fourth-order valence-electron chi connectivity index (χ4n) is 4.75. The second-order valence-corrected chi connectivity index (χ2v) is 7.70. The van der Waals surface area contributed by atoms with Crippen molar-refractivity contribution in [2.45, 2.75) is 12.0 Å². The number of aromatic nitrogens is 2. The molecule has 1 amide bonds. The summed E-state index contributed by atoms with van der Waals surface area (Å²) in [6.07, 6.45) is -0.606. The van der Waals surface area contributed by atoms with Gasteiger partial charge in [-0.05, 0) is 17.4 Å². The van der Waals surface area contributed by atoms with E-state index in [4.69, 9.17) is 25.5 Å². The Bertz CT molecular complexity index is 946. The van der Waals surface area contributed by atoms with Crippen molar-refractivity contribution in [1.29, 1.82) is 0 Å². The van der Waals surface area contributed by atoms with Gasteiger partial charge in [-0.1, -0.05) is 30.3 Å². The zero-order chi connectivity index (χ0) is 23.3. The highest BCUT2D eigenvalue weighted by molar-refractivity contribution is 5.77. The van der Waals surface area contributed by atoms with Crippen molar-refractivity contribution < 1.29 is 29.6 Å². The van der Waals surface area contributed by atoms with Crippen LogP contribution in [0.5, 0.6) is 5.88 Å². The first-order valence-corrected chi connectivity index (χ1v) is 10.0. The molecule has 1 saturated heterocycles. The summed E-state index contributed by atoms with van der Waals surface area (Å²) >= 11 is 0. The number of amides is 1. The van der Waals surface area contributed by atoms with E-state index in [1.807, 2.05) is 35.2 Å². The lowest BCUT2D eigenvalue weighted by molar-refractivity contribution is -0.124. The molecule has 4 atom stereocenters. The minimum absolute atomic E-state index is 0.0430. The Morgan fingerprint density at radius 3 is 2.69 bits per heavy atom. The number of hydrogen-bond donors (Lipinski definition) is 5. The van der Waals surface area contributed by atoms with Crippen LogP contribution < -0.4 is 20.7 Å². The van der Waals surface area contributed by atoms with Gasteiger partial charge in [-0.25, -0.2) is 0 Å². The molecule has 1 aliphatic carbocycles. The maximum Gasteiger partial charge on any atom is 0.290 e. The molecule has 2 fully saturated rings. The Morgan fingerprint density at radius 2 is 2.06 bits per heavy atom. The van der Waals surface area contributed by atoms with Gasteiger partial charge < -0.3 is 36.0 Å². The molecule has 172 valence electrons. The third-order valence-electron chi connectivity index (χ3n) is 6.10. The standard InChI is InChI=1S/C20H25N5O4.CH2O2/c1-29-17-7-15(23-19(21)24-17)25-9-14(27)20(11-25)13(8-22-16(28)10-26)18(20)12-5-3-2-4-6-12;2-1-3/h2-7,13-14,18,26-27H,8-11H2,1H3,(H,22,28)(H2,21,23,24);1H,(H,2,3)/t13-,14+,18-,20-;/m1./s1. The average Bonchev–Trinajstić information content (AvgIpc) is 3.31. The summed E-state index contributed by atoms with van der Waals surface area (Å²) in [5.41, 5.74) is 6.50. The number of methoxy groups -OCH3 is 1. The molecule has 32 heavy (non-hydrogen) atoms. The van der Waals surface area contributed by atoms with E-state index in [0.29, 0.717) is 31.3 Å². The summed E-state index contributed by atoms with van der Waals surface area (Å²) in [4.78, 5) is 30.2. The van der Waals surface area contributed by atoms with Gasteiger partial charge in [0, 0.05) is 31.1 Å². The highest BCUT2D eigenvalue weighted by Crippen LogP contribution is 2.68. The number of nitrogen functional groups attached to an aromatic ring is 1. The fourth-order valence-corrected chi connectivity index (χ4v) is 4.75. The molecule has 1 spiro atoms. The summed E-state index contributed by atoms with van der Waals surface area (Å²) < 4.78 is 5.19. The summed E-state index contributed by atoms with van der Waals surface area (Å²) in [6.45, 7) is 0.546. The van der Waals surface area contributed by atoms with Gasteiger partial charge in [-0.15, -0.1) is 0 Å². The largest absolute Gasteiger partial charge is 0.483 e. The first kappa shape index (κ1) is 23.2. The normalized spacial score (nSPS) is 25.6. The number of ether oxygens (including phenoxy) is 1. The van der Waals surface area contributed by atoms with Crippen LogP contribution in [0.1, 0.15) is 11.5 Å². The van der Waals surface area contributed by atoms with Crippen molar-refractivity contribution in [3.63, 3.8) is 0 Å². The van der Waals surface area contributed by atoms with Crippen LogP contribution >= 0.6 is 0 Å². The Balaban J connectivity index is 0.000000913. The molecule has 2 aromatic rings. The molecule has 2 heterocycles. The first-order chi connectivity index (χ1) is 15.4. The third kappa shape index (κ3) is 4.43. The molecule has 11 nitrogen and oxygen atoms in total.